The predicted molar refractivity (Wildman–Crippen MR) is 120 cm³/mol. The van der Waals surface area contributed by atoms with E-state index < -0.39 is 16.0 Å². The average Bonchev–Trinajstić information content (AvgIpc) is 3.47. The molecule has 0 aliphatic heterocycles. The molecule has 0 spiro atoms. The van der Waals surface area contributed by atoms with Gasteiger partial charge < -0.3 is 9.47 Å². The van der Waals surface area contributed by atoms with Crippen LogP contribution in [0.3, 0.4) is 0 Å². The molecule has 0 saturated carbocycles. The fraction of sp³-hybridized carbons (Fsp3) is 0.0909. The Hall–Kier alpha value is -3.47. The number of rotatable bonds is 8. The van der Waals surface area contributed by atoms with Crippen molar-refractivity contribution in [1.29, 1.82) is 0 Å². The van der Waals surface area contributed by atoms with Crippen LogP contribution in [0, 0.1) is 0 Å². The number of hydrogen-bond acceptors (Lipinski definition) is 7. The third-order valence-electron chi connectivity index (χ3n) is 4.43. The molecule has 4 aromatic rings. The minimum atomic E-state index is -3.76. The first-order valence-corrected chi connectivity index (χ1v) is 12.0. The van der Waals surface area contributed by atoms with Gasteiger partial charge in [-0.05, 0) is 47.8 Å². The van der Waals surface area contributed by atoms with Gasteiger partial charge in [-0.3, -0.25) is 0 Å². The molecule has 164 valence electrons. The molecule has 0 saturated heterocycles. The molecule has 0 radical (unpaired) electrons. The molecule has 10 heteroatoms. The molecular formula is C22H19N3O5S2. The number of thiophene rings is 1. The zero-order valence-corrected chi connectivity index (χ0v) is 18.4. The summed E-state index contributed by atoms with van der Waals surface area (Å²) in [4.78, 5) is 13.7. The molecule has 0 aliphatic carbocycles. The van der Waals surface area contributed by atoms with E-state index in [0.717, 1.165) is 10.6 Å². The molecule has 8 nitrogen and oxygen atoms in total. The lowest BCUT2D eigenvalue weighted by Gasteiger charge is -2.09. The maximum absolute atomic E-state index is 12.8. The van der Waals surface area contributed by atoms with Gasteiger partial charge in [-0.2, -0.15) is 5.10 Å². The number of carbonyl (C=O) groups excluding carboxylic acids is 1. The summed E-state index contributed by atoms with van der Waals surface area (Å²) in [5, 5.41) is 11.6. The number of esters is 1. The summed E-state index contributed by atoms with van der Waals surface area (Å²) in [5.74, 6) is -0.0971. The molecule has 0 amide bonds. The molecule has 32 heavy (non-hydrogen) atoms. The highest BCUT2D eigenvalue weighted by atomic mass is 32.2. The minimum absolute atomic E-state index is 0.00404. The molecule has 0 bridgehead atoms. The Morgan fingerprint density at radius 2 is 1.75 bits per heavy atom. The van der Waals surface area contributed by atoms with Gasteiger partial charge in [-0.25, -0.2) is 23.0 Å². The average molecular weight is 470 g/mol. The Balaban J connectivity index is 1.43. The Morgan fingerprint density at radius 3 is 2.41 bits per heavy atom. The van der Waals surface area contributed by atoms with Crippen molar-refractivity contribution < 1.29 is 22.7 Å². The highest BCUT2D eigenvalue weighted by molar-refractivity contribution is 7.89. The number of para-hydroxylation sites is 1. The number of benzene rings is 2. The molecule has 0 unspecified atom stereocenters. The number of primary sulfonamides is 1. The van der Waals surface area contributed by atoms with E-state index >= 15 is 0 Å². The molecule has 2 N–H and O–H groups in total. The van der Waals surface area contributed by atoms with Crippen LogP contribution in [-0.4, -0.2) is 37.4 Å². The second-order valence-electron chi connectivity index (χ2n) is 6.64. The number of ether oxygens (including phenoxy) is 2. The van der Waals surface area contributed by atoms with Crippen molar-refractivity contribution in [2.45, 2.75) is 4.90 Å². The van der Waals surface area contributed by atoms with Gasteiger partial charge in [-0.15, -0.1) is 11.3 Å². The Bertz CT molecular complexity index is 1300. The maximum Gasteiger partial charge on any atom is 0.357 e. The minimum Gasteiger partial charge on any atom is -0.490 e. The molecule has 2 aromatic carbocycles. The van der Waals surface area contributed by atoms with E-state index in [-0.39, 0.29) is 18.1 Å². The largest absolute Gasteiger partial charge is 0.490 e. The molecule has 2 aromatic heterocycles. The number of nitrogens with two attached hydrogens (primary N) is 1. The quantitative estimate of drug-likeness (QED) is 0.312. The van der Waals surface area contributed by atoms with E-state index in [2.05, 4.69) is 5.10 Å². The van der Waals surface area contributed by atoms with Gasteiger partial charge in [0.25, 0.3) is 0 Å². The van der Waals surface area contributed by atoms with Crippen LogP contribution in [0.15, 0.2) is 83.1 Å². The molecular weight excluding hydrogens is 450 g/mol. The summed E-state index contributed by atoms with van der Waals surface area (Å²) in [6.45, 7) is 0.0990. The zero-order valence-electron chi connectivity index (χ0n) is 16.7. The van der Waals surface area contributed by atoms with Crippen LogP contribution < -0.4 is 9.88 Å². The van der Waals surface area contributed by atoms with Crippen molar-refractivity contribution in [3.05, 3.63) is 83.9 Å². The van der Waals surface area contributed by atoms with Crippen LogP contribution in [0.1, 0.15) is 10.5 Å². The summed E-state index contributed by atoms with van der Waals surface area (Å²) in [7, 11) is -3.76. The normalized spacial score (nSPS) is 11.3. The van der Waals surface area contributed by atoms with E-state index in [1.165, 1.54) is 35.6 Å². The topological polar surface area (TPSA) is 114 Å². The first-order chi connectivity index (χ1) is 15.4. The fourth-order valence-corrected chi connectivity index (χ4v) is 4.13. The van der Waals surface area contributed by atoms with Gasteiger partial charge in [0.15, 0.2) is 5.69 Å². The predicted octanol–water partition coefficient (Wildman–Crippen LogP) is 3.48. The van der Waals surface area contributed by atoms with Gasteiger partial charge in [0.1, 0.15) is 24.7 Å². The molecule has 4 rings (SSSR count). The van der Waals surface area contributed by atoms with Gasteiger partial charge in [0, 0.05) is 6.07 Å². The lowest BCUT2D eigenvalue weighted by molar-refractivity contribution is 0.0440. The van der Waals surface area contributed by atoms with E-state index in [9.17, 15) is 13.2 Å². The van der Waals surface area contributed by atoms with Gasteiger partial charge >= 0.3 is 5.97 Å². The lowest BCUT2D eigenvalue weighted by atomic mass is 10.3. The number of nitrogens with zero attached hydrogens (tertiary/aromatic N) is 2. The van der Waals surface area contributed by atoms with Crippen molar-refractivity contribution in [1.82, 2.24) is 9.78 Å². The van der Waals surface area contributed by atoms with E-state index in [1.807, 2.05) is 47.8 Å². The zero-order chi connectivity index (χ0) is 22.6. The molecule has 2 heterocycles. The van der Waals surface area contributed by atoms with Gasteiger partial charge in [0.05, 0.1) is 15.5 Å². The van der Waals surface area contributed by atoms with Gasteiger partial charge in [-0.1, -0.05) is 24.3 Å². The SMILES string of the molecule is NS(=O)(=O)c1ccc(OCCOC(=O)c2cc(-c3cccs3)nn2-c2ccccc2)cc1. The Labute approximate surface area is 188 Å². The first kappa shape index (κ1) is 21.8. The second kappa shape index (κ2) is 9.35. The Kier molecular flexibility index (Phi) is 6.35. The highest BCUT2D eigenvalue weighted by Crippen LogP contribution is 2.26. The van der Waals surface area contributed by atoms with Crippen LogP contribution in [0.2, 0.25) is 0 Å². The third-order valence-corrected chi connectivity index (χ3v) is 6.25. The fourth-order valence-electron chi connectivity index (χ4n) is 2.93. The van der Waals surface area contributed by atoms with Crippen molar-refractivity contribution in [2.75, 3.05) is 13.2 Å². The second-order valence-corrected chi connectivity index (χ2v) is 9.15. The summed E-state index contributed by atoms with van der Waals surface area (Å²) in [5.41, 5.74) is 1.73. The molecule has 0 aliphatic rings. The Morgan fingerprint density at radius 1 is 1.00 bits per heavy atom. The van der Waals surface area contributed by atoms with E-state index in [1.54, 1.807) is 10.7 Å². The standard InChI is InChI=1S/C22H19N3O5S2/c23-32(27,28)18-10-8-17(9-11-18)29-12-13-30-22(26)20-15-19(21-7-4-14-31-21)24-25(20)16-5-2-1-3-6-16/h1-11,14-15H,12-13H2,(H2,23,27,28). The third kappa shape index (κ3) is 5.05. The highest BCUT2D eigenvalue weighted by Gasteiger charge is 2.19. The monoisotopic (exact) mass is 469 g/mol. The lowest BCUT2D eigenvalue weighted by Crippen LogP contribution is -2.16. The van der Waals surface area contributed by atoms with Crippen molar-refractivity contribution in [3.63, 3.8) is 0 Å². The first-order valence-electron chi connectivity index (χ1n) is 9.54. The van der Waals surface area contributed by atoms with Crippen molar-refractivity contribution in [2.24, 2.45) is 5.14 Å². The molecule has 0 fully saturated rings. The number of hydrogen-bond donors (Lipinski definition) is 1. The number of aromatic nitrogens is 2. The van der Waals surface area contributed by atoms with Crippen LogP contribution >= 0.6 is 11.3 Å². The number of carbonyl (C=O) groups is 1. The van der Waals surface area contributed by atoms with Crippen LogP contribution in [-0.2, 0) is 14.8 Å². The van der Waals surface area contributed by atoms with Crippen molar-refractivity contribution in [3.8, 4) is 22.0 Å². The maximum atomic E-state index is 12.8. The van der Waals surface area contributed by atoms with Crippen LogP contribution in [0.5, 0.6) is 5.75 Å². The summed E-state index contributed by atoms with van der Waals surface area (Å²) in [6, 6.07) is 20.6. The molecule has 0 atom stereocenters. The smallest absolute Gasteiger partial charge is 0.357 e. The summed E-state index contributed by atoms with van der Waals surface area (Å²) in [6.07, 6.45) is 0. The summed E-state index contributed by atoms with van der Waals surface area (Å²) >= 11 is 1.53. The van der Waals surface area contributed by atoms with Gasteiger partial charge in [0.2, 0.25) is 10.0 Å². The van der Waals surface area contributed by atoms with E-state index in [0.29, 0.717) is 17.1 Å². The van der Waals surface area contributed by atoms with E-state index in [4.69, 9.17) is 14.6 Å². The van der Waals surface area contributed by atoms with Crippen LogP contribution in [0.25, 0.3) is 16.3 Å². The van der Waals surface area contributed by atoms with Crippen molar-refractivity contribution >= 4 is 27.3 Å². The van der Waals surface area contributed by atoms with Crippen LogP contribution in [0.4, 0.5) is 0 Å². The summed E-state index contributed by atoms with van der Waals surface area (Å²) < 4.78 is 35.0. The number of sulfonamides is 1.